The lowest BCUT2D eigenvalue weighted by atomic mass is 10.1. The van der Waals surface area contributed by atoms with Gasteiger partial charge in [-0.25, -0.2) is 0 Å². The molecule has 1 unspecified atom stereocenters. The molecule has 0 spiro atoms. The Morgan fingerprint density at radius 1 is 1.20 bits per heavy atom. The van der Waals surface area contributed by atoms with Crippen LogP contribution in [-0.2, 0) is 0 Å². The van der Waals surface area contributed by atoms with Crippen LogP contribution >= 0.6 is 0 Å². The van der Waals surface area contributed by atoms with Crippen LogP contribution in [0.5, 0.6) is 5.75 Å². The largest absolute Gasteiger partial charge is 0.491 e. The first-order valence-electron chi connectivity index (χ1n) is 8.33. The number of aromatic nitrogens is 1. The van der Waals surface area contributed by atoms with Crippen molar-refractivity contribution < 1.29 is 14.6 Å². The summed E-state index contributed by atoms with van der Waals surface area (Å²) in [6.45, 7) is 4.02. The minimum Gasteiger partial charge on any atom is -0.491 e. The molecule has 1 amide bonds. The molecule has 0 radical (unpaired) electrons. The van der Waals surface area contributed by atoms with E-state index >= 15 is 0 Å². The van der Waals surface area contributed by atoms with Gasteiger partial charge in [0, 0.05) is 18.1 Å². The number of aliphatic hydroxyl groups excluding tert-OH is 1. The van der Waals surface area contributed by atoms with E-state index in [-0.39, 0.29) is 18.6 Å². The van der Waals surface area contributed by atoms with Gasteiger partial charge in [0.1, 0.15) is 5.75 Å². The maximum absolute atomic E-state index is 12.4. The average molecular weight is 338 g/mol. The number of rotatable bonds is 6. The van der Waals surface area contributed by atoms with Gasteiger partial charge in [-0.1, -0.05) is 24.3 Å². The Morgan fingerprint density at radius 3 is 2.80 bits per heavy atom. The van der Waals surface area contributed by atoms with Crippen LogP contribution in [0.3, 0.4) is 0 Å². The van der Waals surface area contributed by atoms with Crippen LogP contribution in [0, 0.1) is 0 Å². The van der Waals surface area contributed by atoms with Crippen LogP contribution in [0.25, 0.3) is 10.9 Å². The Bertz CT molecular complexity index is 870. The predicted molar refractivity (Wildman–Crippen MR) is 97.8 cm³/mol. The van der Waals surface area contributed by atoms with Crippen molar-refractivity contribution in [2.75, 3.05) is 6.54 Å². The maximum atomic E-state index is 12.4. The Hall–Kier alpha value is -2.79. The second kappa shape index (κ2) is 7.40. The number of aromatic amines is 1. The zero-order chi connectivity index (χ0) is 17.8. The lowest BCUT2D eigenvalue weighted by molar-refractivity contribution is 0.0917. The summed E-state index contributed by atoms with van der Waals surface area (Å²) >= 11 is 0. The molecule has 0 aliphatic carbocycles. The molecule has 3 rings (SSSR count). The molecule has 3 aromatic rings. The number of hydrogen-bond acceptors (Lipinski definition) is 3. The molecule has 0 fully saturated rings. The molecule has 130 valence electrons. The van der Waals surface area contributed by atoms with Crippen LogP contribution in [0.1, 0.15) is 35.9 Å². The van der Waals surface area contributed by atoms with Gasteiger partial charge in [-0.2, -0.15) is 0 Å². The highest BCUT2D eigenvalue weighted by Gasteiger charge is 2.14. The highest BCUT2D eigenvalue weighted by Crippen LogP contribution is 2.21. The quantitative estimate of drug-likeness (QED) is 0.645. The maximum Gasteiger partial charge on any atom is 0.253 e. The van der Waals surface area contributed by atoms with Crippen LogP contribution < -0.4 is 10.1 Å². The van der Waals surface area contributed by atoms with Crippen molar-refractivity contribution in [1.82, 2.24) is 10.3 Å². The van der Waals surface area contributed by atoms with E-state index in [1.54, 1.807) is 18.3 Å². The van der Waals surface area contributed by atoms with Crippen LogP contribution in [0.4, 0.5) is 0 Å². The number of H-pyrrole nitrogens is 1. The fourth-order valence-electron chi connectivity index (χ4n) is 2.74. The molecule has 0 aliphatic heterocycles. The van der Waals surface area contributed by atoms with Gasteiger partial charge in [0.05, 0.1) is 23.3 Å². The topological polar surface area (TPSA) is 74.3 Å². The fourth-order valence-corrected chi connectivity index (χ4v) is 2.74. The van der Waals surface area contributed by atoms with Gasteiger partial charge in [-0.05, 0) is 43.7 Å². The van der Waals surface area contributed by atoms with E-state index in [0.29, 0.717) is 16.9 Å². The number of hydrogen-bond donors (Lipinski definition) is 3. The molecule has 2 aromatic carbocycles. The number of fused-ring (bicyclic) bond motifs is 1. The van der Waals surface area contributed by atoms with E-state index in [1.807, 2.05) is 50.2 Å². The van der Waals surface area contributed by atoms with Crippen molar-refractivity contribution in [2.24, 2.45) is 0 Å². The molecule has 0 aliphatic rings. The van der Waals surface area contributed by atoms with Crippen LogP contribution in [-0.4, -0.2) is 28.6 Å². The van der Waals surface area contributed by atoms with Crippen molar-refractivity contribution in [3.05, 3.63) is 65.9 Å². The smallest absolute Gasteiger partial charge is 0.253 e. The summed E-state index contributed by atoms with van der Waals surface area (Å²) in [4.78, 5) is 15.5. The van der Waals surface area contributed by atoms with Gasteiger partial charge in [0.2, 0.25) is 0 Å². The van der Waals surface area contributed by atoms with Crippen molar-refractivity contribution >= 4 is 16.8 Å². The minimum absolute atomic E-state index is 0.0633. The number of nitrogens with one attached hydrogen (secondary N) is 2. The molecule has 5 nitrogen and oxygen atoms in total. The SMILES string of the molecule is CC(C)Oc1cccc(C(O)CNC(=O)c2cccc3cc[nH]c23)c1. The summed E-state index contributed by atoms with van der Waals surface area (Å²) in [6, 6.07) is 14.8. The second-order valence-electron chi connectivity index (χ2n) is 6.21. The molecular formula is C20H22N2O3. The first-order chi connectivity index (χ1) is 12.0. The summed E-state index contributed by atoms with van der Waals surface area (Å²) in [5, 5.41) is 14.1. The number of aliphatic hydroxyl groups is 1. The van der Waals surface area contributed by atoms with E-state index in [4.69, 9.17) is 4.74 Å². The number of amides is 1. The highest BCUT2D eigenvalue weighted by molar-refractivity contribution is 6.05. The lowest BCUT2D eigenvalue weighted by Crippen LogP contribution is -2.28. The first kappa shape index (κ1) is 17.0. The minimum atomic E-state index is -0.803. The van der Waals surface area contributed by atoms with E-state index in [0.717, 1.165) is 10.9 Å². The molecule has 1 aromatic heterocycles. The molecular weight excluding hydrogens is 316 g/mol. The summed E-state index contributed by atoms with van der Waals surface area (Å²) in [7, 11) is 0. The third-order valence-electron chi connectivity index (χ3n) is 3.90. The van der Waals surface area contributed by atoms with E-state index in [9.17, 15) is 9.90 Å². The van der Waals surface area contributed by atoms with Gasteiger partial charge in [0.15, 0.2) is 0 Å². The Morgan fingerprint density at radius 2 is 2.00 bits per heavy atom. The Balaban J connectivity index is 1.67. The number of carbonyl (C=O) groups is 1. The monoisotopic (exact) mass is 338 g/mol. The van der Waals surface area contributed by atoms with E-state index in [2.05, 4.69) is 10.3 Å². The van der Waals surface area contributed by atoms with Gasteiger partial charge in [0.25, 0.3) is 5.91 Å². The normalized spacial score (nSPS) is 12.3. The van der Waals surface area contributed by atoms with Gasteiger partial charge < -0.3 is 20.1 Å². The zero-order valence-corrected chi connectivity index (χ0v) is 14.3. The number of benzene rings is 2. The second-order valence-corrected chi connectivity index (χ2v) is 6.21. The fraction of sp³-hybridized carbons (Fsp3) is 0.250. The molecule has 0 saturated heterocycles. The van der Waals surface area contributed by atoms with Gasteiger partial charge in [-0.3, -0.25) is 4.79 Å². The Kier molecular flexibility index (Phi) is 5.05. The Labute approximate surface area is 146 Å². The number of para-hydroxylation sites is 1. The summed E-state index contributed by atoms with van der Waals surface area (Å²) in [5.74, 6) is 0.482. The third kappa shape index (κ3) is 4.00. The molecule has 0 bridgehead atoms. The third-order valence-corrected chi connectivity index (χ3v) is 3.90. The molecule has 3 N–H and O–H groups in total. The molecule has 25 heavy (non-hydrogen) atoms. The van der Waals surface area contributed by atoms with Crippen molar-refractivity contribution in [1.29, 1.82) is 0 Å². The predicted octanol–water partition coefficient (Wildman–Crippen LogP) is 3.42. The van der Waals surface area contributed by atoms with Crippen LogP contribution in [0.15, 0.2) is 54.7 Å². The lowest BCUT2D eigenvalue weighted by Gasteiger charge is -2.15. The summed E-state index contributed by atoms with van der Waals surface area (Å²) in [5.41, 5.74) is 2.06. The van der Waals surface area contributed by atoms with Crippen molar-refractivity contribution in [3.63, 3.8) is 0 Å². The molecule has 0 saturated carbocycles. The highest BCUT2D eigenvalue weighted by atomic mass is 16.5. The first-order valence-corrected chi connectivity index (χ1v) is 8.33. The van der Waals surface area contributed by atoms with Crippen molar-refractivity contribution in [3.8, 4) is 5.75 Å². The van der Waals surface area contributed by atoms with E-state index in [1.165, 1.54) is 0 Å². The average Bonchev–Trinajstić information content (AvgIpc) is 3.07. The summed E-state index contributed by atoms with van der Waals surface area (Å²) < 4.78 is 5.64. The van der Waals surface area contributed by atoms with E-state index < -0.39 is 6.10 Å². The number of carbonyl (C=O) groups excluding carboxylic acids is 1. The zero-order valence-electron chi connectivity index (χ0n) is 14.3. The molecule has 1 heterocycles. The van der Waals surface area contributed by atoms with Gasteiger partial charge >= 0.3 is 0 Å². The van der Waals surface area contributed by atoms with Crippen LogP contribution in [0.2, 0.25) is 0 Å². The molecule has 1 atom stereocenters. The molecule has 5 heteroatoms. The summed E-state index contributed by atoms with van der Waals surface area (Å²) in [6.07, 6.45) is 1.06. The van der Waals surface area contributed by atoms with Gasteiger partial charge in [-0.15, -0.1) is 0 Å². The van der Waals surface area contributed by atoms with Crippen molar-refractivity contribution in [2.45, 2.75) is 26.1 Å². The number of ether oxygens (including phenoxy) is 1. The standard InChI is InChI=1S/C20H22N2O3/c1-13(2)25-16-7-3-6-15(11-16)18(23)12-22-20(24)17-8-4-5-14-9-10-21-19(14)17/h3-11,13,18,21,23H,12H2,1-2H3,(H,22,24).